The van der Waals surface area contributed by atoms with E-state index in [0.717, 1.165) is 18.7 Å². The van der Waals surface area contributed by atoms with Crippen LogP contribution >= 0.6 is 23.0 Å². The zero-order valence-corrected chi connectivity index (χ0v) is 18.7. The number of ether oxygens (including phenoxy) is 3. The summed E-state index contributed by atoms with van der Waals surface area (Å²) in [4.78, 5) is 13.3. The van der Waals surface area contributed by atoms with Crippen molar-refractivity contribution in [2.75, 3.05) is 39.5 Å². The van der Waals surface area contributed by atoms with Gasteiger partial charge in [-0.1, -0.05) is 31.4 Å². The van der Waals surface area contributed by atoms with Crippen molar-refractivity contribution in [3.05, 3.63) is 11.9 Å². The van der Waals surface area contributed by atoms with E-state index in [2.05, 4.69) is 17.2 Å². The molecule has 2 rings (SSSR count). The number of aryl methyl sites for hydroxylation is 1. The molecule has 0 saturated carbocycles. The summed E-state index contributed by atoms with van der Waals surface area (Å²) in [5.74, 6) is 0. The Morgan fingerprint density at radius 1 is 1.14 bits per heavy atom. The van der Waals surface area contributed by atoms with Gasteiger partial charge in [-0.15, -0.1) is 5.10 Å². The Balaban J connectivity index is 1.38. The number of unbranched alkanes of at least 4 members (excludes halogenated alkanes) is 3. The second kappa shape index (κ2) is 14.1. The first-order valence-corrected chi connectivity index (χ1v) is 10.8. The van der Waals surface area contributed by atoms with Crippen LogP contribution in [0.15, 0.2) is 6.20 Å². The predicted octanol–water partition coefficient (Wildman–Crippen LogP) is 2.97. The highest BCUT2D eigenvalue weighted by atomic mass is 127. The van der Waals surface area contributed by atoms with Crippen LogP contribution in [0.1, 0.15) is 44.7 Å². The molecule has 1 fully saturated rings. The minimum absolute atomic E-state index is 0.131. The number of carbonyl (C=O) groups excluding carboxylic acids is 1. The van der Waals surface area contributed by atoms with Gasteiger partial charge in [-0.25, -0.2) is 4.79 Å². The summed E-state index contributed by atoms with van der Waals surface area (Å²) in [6, 6.07) is 0. The first-order chi connectivity index (χ1) is 13.7. The highest BCUT2D eigenvalue weighted by molar-refractivity contribution is 14.1. The number of hydrogen-bond donors (Lipinski definition) is 0. The van der Waals surface area contributed by atoms with E-state index in [1.807, 2.05) is 33.9 Å². The van der Waals surface area contributed by atoms with Gasteiger partial charge in [0.05, 0.1) is 45.7 Å². The van der Waals surface area contributed by atoms with Gasteiger partial charge in [-0.2, -0.15) is 0 Å². The lowest BCUT2D eigenvalue weighted by Gasteiger charge is -2.36. The number of hydrogen-bond acceptors (Lipinski definition) is 7. The van der Waals surface area contributed by atoms with Crippen molar-refractivity contribution in [1.29, 1.82) is 0 Å². The average Bonchev–Trinajstić information content (AvgIpc) is 3.11. The summed E-state index contributed by atoms with van der Waals surface area (Å²) in [5, 5.41) is 8.22. The van der Waals surface area contributed by atoms with E-state index < -0.39 is 0 Å². The molecule has 1 aliphatic heterocycles. The number of amides is 1. The van der Waals surface area contributed by atoms with Crippen LogP contribution in [0, 0.1) is 0 Å². The average molecular weight is 510 g/mol. The fourth-order valence-electron chi connectivity index (χ4n) is 2.67. The topological polar surface area (TPSA) is 87.9 Å². The lowest BCUT2D eigenvalue weighted by atomic mass is 10.2. The van der Waals surface area contributed by atoms with Crippen LogP contribution in [0.4, 0.5) is 4.79 Å². The third kappa shape index (κ3) is 9.01. The second-order valence-corrected chi connectivity index (χ2v) is 7.29. The van der Waals surface area contributed by atoms with E-state index in [1.54, 1.807) is 4.90 Å². The molecule has 0 bridgehead atoms. The van der Waals surface area contributed by atoms with Gasteiger partial charge in [0, 0.05) is 19.6 Å². The Kier molecular flexibility index (Phi) is 11.7. The van der Waals surface area contributed by atoms with E-state index in [4.69, 9.17) is 17.3 Å². The zero-order chi connectivity index (χ0) is 20.0. The molecule has 1 amide bonds. The second-order valence-electron chi connectivity index (χ2n) is 6.78. The van der Waals surface area contributed by atoms with Crippen molar-refractivity contribution in [3.63, 3.8) is 0 Å². The summed E-state index contributed by atoms with van der Waals surface area (Å²) in [5.41, 5.74) is 0.837. The maximum atomic E-state index is 11.7. The van der Waals surface area contributed by atoms with Gasteiger partial charge in [0.25, 0.3) is 0 Å². The van der Waals surface area contributed by atoms with Crippen molar-refractivity contribution in [1.82, 2.24) is 19.9 Å². The van der Waals surface area contributed by atoms with Crippen LogP contribution in [0.2, 0.25) is 0 Å². The maximum Gasteiger partial charge on any atom is 0.409 e. The molecular weight excluding hydrogens is 479 g/mol. The molecular formula is C18H31IN4O5. The number of halogens is 1. The van der Waals surface area contributed by atoms with Gasteiger partial charge >= 0.3 is 6.09 Å². The Hall–Kier alpha value is -0.980. The van der Waals surface area contributed by atoms with Crippen LogP contribution < -0.4 is 0 Å². The van der Waals surface area contributed by atoms with E-state index in [9.17, 15) is 4.79 Å². The molecule has 0 atom stereocenters. The SMILES string of the molecule is CCCCCCn1cc(COCCOCCCOC(=O)N2CC(OI)C2)nn1. The minimum atomic E-state index is -0.286. The van der Waals surface area contributed by atoms with E-state index in [-0.39, 0.29) is 12.2 Å². The van der Waals surface area contributed by atoms with Crippen molar-refractivity contribution in [3.8, 4) is 0 Å². The van der Waals surface area contributed by atoms with Crippen LogP contribution in [0.25, 0.3) is 0 Å². The fourth-order valence-corrected chi connectivity index (χ4v) is 2.99. The van der Waals surface area contributed by atoms with Crippen LogP contribution in [0.3, 0.4) is 0 Å². The van der Waals surface area contributed by atoms with Crippen molar-refractivity contribution < 1.29 is 22.1 Å². The van der Waals surface area contributed by atoms with Crippen LogP contribution in [0.5, 0.6) is 0 Å². The summed E-state index contributed by atoms with van der Waals surface area (Å²) in [6.07, 6.45) is 7.30. The summed E-state index contributed by atoms with van der Waals surface area (Å²) < 4.78 is 23.2. The highest BCUT2D eigenvalue weighted by Gasteiger charge is 2.32. The summed E-state index contributed by atoms with van der Waals surface area (Å²) >= 11 is 1.85. The molecule has 0 unspecified atom stereocenters. The summed E-state index contributed by atoms with van der Waals surface area (Å²) in [6.45, 7) is 6.63. The molecule has 28 heavy (non-hydrogen) atoms. The molecule has 160 valence electrons. The van der Waals surface area contributed by atoms with E-state index in [1.165, 1.54) is 19.3 Å². The van der Waals surface area contributed by atoms with Crippen LogP contribution in [-0.2, 0) is 30.4 Å². The zero-order valence-electron chi connectivity index (χ0n) is 16.6. The normalized spacial score (nSPS) is 14.3. The quantitative estimate of drug-likeness (QED) is 0.265. The molecule has 0 aliphatic carbocycles. The highest BCUT2D eigenvalue weighted by Crippen LogP contribution is 2.15. The third-order valence-electron chi connectivity index (χ3n) is 4.34. The van der Waals surface area contributed by atoms with Gasteiger partial charge in [-0.05, 0) is 6.42 Å². The lowest BCUT2D eigenvalue weighted by Crippen LogP contribution is -2.53. The molecule has 1 aromatic heterocycles. The minimum Gasteiger partial charge on any atom is -0.449 e. The van der Waals surface area contributed by atoms with Gasteiger partial charge < -0.3 is 22.2 Å². The molecule has 1 aliphatic rings. The molecule has 0 N–H and O–H groups in total. The molecule has 0 radical (unpaired) electrons. The molecule has 1 saturated heterocycles. The van der Waals surface area contributed by atoms with Gasteiger partial charge in [-0.3, -0.25) is 4.68 Å². The fraction of sp³-hybridized carbons (Fsp3) is 0.833. The monoisotopic (exact) mass is 510 g/mol. The van der Waals surface area contributed by atoms with Gasteiger partial charge in [0.2, 0.25) is 0 Å². The predicted molar refractivity (Wildman–Crippen MR) is 111 cm³/mol. The van der Waals surface area contributed by atoms with E-state index in [0.29, 0.717) is 52.5 Å². The number of rotatable bonds is 15. The van der Waals surface area contributed by atoms with Crippen molar-refractivity contribution in [2.24, 2.45) is 0 Å². The van der Waals surface area contributed by atoms with Gasteiger partial charge in [0.15, 0.2) is 0 Å². The van der Waals surface area contributed by atoms with Crippen LogP contribution in [-0.4, -0.2) is 71.6 Å². The molecule has 1 aromatic rings. The Morgan fingerprint density at radius 2 is 1.96 bits per heavy atom. The molecule has 2 heterocycles. The number of nitrogens with zero attached hydrogens (tertiary/aromatic N) is 4. The van der Waals surface area contributed by atoms with E-state index >= 15 is 0 Å². The number of aromatic nitrogens is 3. The number of likely N-dealkylation sites (tertiary alicyclic amines) is 1. The molecule has 9 nitrogen and oxygen atoms in total. The van der Waals surface area contributed by atoms with Crippen molar-refractivity contribution >= 4 is 29.1 Å². The largest absolute Gasteiger partial charge is 0.449 e. The molecule has 0 aromatic carbocycles. The molecule has 10 heteroatoms. The Morgan fingerprint density at radius 3 is 2.75 bits per heavy atom. The van der Waals surface area contributed by atoms with Gasteiger partial charge in [0.1, 0.15) is 34.8 Å². The lowest BCUT2D eigenvalue weighted by molar-refractivity contribution is 0.0170. The Bertz CT molecular complexity index is 554. The first kappa shape index (κ1) is 23.3. The maximum absolute atomic E-state index is 11.7. The van der Waals surface area contributed by atoms with Crippen molar-refractivity contribution in [2.45, 2.75) is 58.3 Å². The Labute approximate surface area is 180 Å². The molecule has 0 spiro atoms. The summed E-state index contributed by atoms with van der Waals surface area (Å²) in [7, 11) is 0. The standard InChI is InChI=1S/C18H31IN4O5/c1-2-3-4-5-7-23-12-16(20-21-23)15-26-11-10-25-8-6-9-27-18(24)22-13-17(14-22)28-19/h12,17H,2-11,13-15H2,1H3. The number of carbonyl (C=O) groups is 1. The smallest absolute Gasteiger partial charge is 0.409 e. The first-order valence-electron chi connectivity index (χ1n) is 9.96. The third-order valence-corrected chi connectivity index (χ3v) is 5.06.